The number of nitrogens with one attached hydrogen (secondary N) is 2. The monoisotopic (exact) mass is 274 g/mol. The van der Waals surface area contributed by atoms with Crippen LogP contribution in [0.2, 0.25) is 0 Å². The smallest absolute Gasteiger partial charge is 0.540 e. The second kappa shape index (κ2) is 9.75. The SMILES string of the molecule is CCCNC(C)C(=O)NC(C)[C-]=O.[Y+3]. The van der Waals surface area contributed by atoms with E-state index in [2.05, 4.69) is 10.6 Å². The summed E-state index contributed by atoms with van der Waals surface area (Å²) in [5.41, 5.74) is 0. The molecule has 0 saturated carbocycles. The molecule has 5 heteroatoms. The fourth-order valence-electron chi connectivity index (χ4n) is 0.821. The Morgan fingerprint density at radius 2 is 2.00 bits per heavy atom. The van der Waals surface area contributed by atoms with Crippen LogP contribution >= 0.6 is 0 Å². The van der Waals surface area contributed by atoms with Gasteiger partial charge >= 0.3 is 32.7 Å². The fourth-order valence-corrected chi connectivity index (χ4v) is 0.821. The van der Waals surface area contributed by atoms with Crippen molar-refractivity contribution >= 4 is 12.2 Å². The zero-order valence-corrected chi connectivity index (χ0v) is 11.8. The summed E-state index contributed by atoms with van der Waals surface area (Å²) < 4.78 is 0. The third kappa shape index (κ3) is 7.59. The first kappa shape index (κ1) is 16.6. The number of amides is 1. The van der Waals surface area contributed by atoms with Gasteiger partial charge in [-0.2, -0.15) is 0 Å². The summed E-state index contributed by atoms with van der Waals surface area (Å²) >= 11 is 0. The molecule has 0 saturated heterocycles. The first-order chi connectivity index (χ1) is 6.11. The molecule has 2 N–H and O–H groups in total. The van der Waals surface area contributed by atoms with Gasteiger partial charge in [0.25, 0.3) is 0 Å². The average Bonchev–Trinajstić information content (AvgIpc) is 2.13. The molecule has 4 nitrogen and oxygen atoms in total. The molecule has 0 bridgehead atoms. The average molecular weight is 274 g/mol. The van der Waals surface area contributed by atoms with Crippen LogP contribution in [0.3, 0.4) is 0 Å². The van der Waals surface area contributed by atoms with E-state index in [1.807, 2.05) is 6.92 Å². The molecule has 2 unspecified atom stereocenters. The van der Waals surface area contributed by atoms with E-state index >= 15 is 0 Å². The Morgan fingerprint density at radius 3 is 2.43 bits per heavy atom. The van der Waals surface area contributed by atoms with Crippen LogP contribution < -0.4 is 10.6 Å². The summed E-state index contributed by atoms with van der Waals surface area (Å²) in [6.45, 7) is 6.19. The maximum absolute atomic E-state index is 11.3. The molecule has 76 valence electrons. The van der Waals surface area contributed by atoms with Crippen LogP contribution in [-0.4, -0.2) is 30.8 Å². The molecule has 0 aliphatic carbocycles. The van der Waals surface area contributed by atoms with E-state index in [1.165, 1.54) is 0 Å². The van der Waals surface area contributed by atoms with E-state index in [0.29, 0.717) is 0 Å². The van der Waals surface area contributed by atoms with Crippen molar-refractivity contribution in [1.82, 2.24) is 10.6 Å². The molecule has 0 radical (unpaired) electrons. The molecule has 0 aliphatic rings. The summed E-state index contributed by atoms with van der Waals surface area (Å²) in [6, 6.07) is -0.783. The molecule has 2 atom stereocenters. The molecule has 1 amide bonds. The van der Waals surface area contributed by atoms with Gasteiger partial charge in [-0.1, -0.05) is 19.9 Å². The van der Waals surface area contributed by atoms with Gasteiger partial charge in [0.05, 0.1) is 6.04 Å². The van der Waals surface area contributed by atoms with Crippen molar-refractivity contribution < 1.29 is 42.3 Å². The normalized spacial score (nSPS) is 13.6. The number of hydrogen-bond donors (Lipinski definition) is 2. The van der Waals surface area contributed by atoms with Crippen LogP contribution in [0.4, 0.5) is 0 Å². The van der Waals surface area contributed by atoms with Crippen LogP contribution in [0, 0.1) is 0 Å². The third-order valence-corrected chi connectivity index (χ3v) is 1.63. The van der Waals surface area contributed by atoms with Crippen molar-refractivity contribution in [2.75, 3.05) is 6.54 Å². The van der Waals surface area contributed by atoms with Gasteiger partial charge in [-0.3, -0.25) is 4.79 Å². The van der Waals surface area contributed by atoms with Crippen molar-refractivity contribution in [2.24, 2.45) is 0 Å². The van der Waals surface area contributed by atoms with Gasteiger partial charge < -0.3 is 15.4 Å². The molecule has 0 heterocycles. The van der Waals surface area contributed by atoms with Crippen LogP contribution in [0.1, 0.15) is 27.2 Å². The van der Waals surface area contributed by atoms with Crippen LogP contribution in [0.15, 0.2) is 0 Å². The van der Waals surface area contributed by atoms with E-state index in [-0.39, 0.29) is 44.7 Å². The van der Waals surface area contributed by atoms with E-state index in [4.69, 9.17) is 0 Å². The fraction of sp³-hybridized carbons (Fsp3) is 0.778. The molecule has 0 aromatic heterocycles. The Labute approximate surface area is 110 Å². The van der Waals surface area contributed by atoms with E-state index in [0.717, 1.165) is 13.0 Å². The zero-order valence-electron chi connectivity index (χ0n) is 8.96. The predicted molar refractivity (Wildman–Crippen MR) is 51.1 cm³/mol. The molecule has 0 rings (SSSR count). The van der Waals surface area contributed by atoms with E-state index in [1.54, 1.807) is 20.1 Å². The number of carbonyl (C=O) groups excluding carboxylic acids is 2. The first-order valence-electron chi connectivity index (χ1n) is 4.53. The Bertz CT molecular complexity index is 176. The zero-order chi connectivity index (χ0) is 10.3. The van der Waals surface area contributed by atoms with Gasteiger partial charge in [-0.25, -0.2) is 6.29 Å². The van der Waals surface area contributed by atoms with Crippen molar-refractivity contribution in [1.29, 1.82) is 0 Å². The minimum Gasteiger partial charge on any atom is -0.540 e. The van der Waals surface area contributed by atoms with Crippen LogP contribution in [0.25, 0.3) is 0 Å². The van der Waals surface area contributed by atoms with Crippen molar-refractivity contribution in [2.45, 2.75) is 39.3 Å². The molecule has 0 fully saturated rings. The predicted octanol–water partition coefficient (Wildman–Crippen LogP) is -0.0136. The largest absolute Gasteiger partial charge is 3.00 e. The Balaban J connectivity index is 0. The molecular weight excluding hydrogens is 257 g/mol. The summed E-state index contributed by atoms with van der Waals surface area (Å²) in [6.07, 6.45) is 2.68. The molecule has 0 aliphatic heterocycles. The Hall–Kier alpha value is 0.204. The minimum atomic E-state index is -0.529. The molecule has 0 aromatic rings. The van der Waals surface area contributed by atoms with Crippen molar-refractivity contribution in [3.05, 3.63) is 0 Å². The van der Waals surface area contributed by atoms with Crippen molar-refractivity contribution in [3.8, 4) is 0 Å². The molecule has 0 spiro atoms. The maximum atomic E-state index is 11.3. The number of hydrogen-bond acceptors (Lipinski definition) is 3. The van der Waals surface area contributed by atoms with E-state index < -0.39 is 6.04 Å². The Kier molecular flexibility index (Phi) is 11.6. The van der Waals surface area contributed by atoms with Gasteiger partial charge in [0.15, 0.2) is 0 Å². The van der Waals surface area contributed by atoms with Gasteiger partial charge in [-0.05, 0) is 19.9 Å². The third-order valence-electron chi connectivity index (χ3n) is 1.63. The van der Waals surface area contributed by atoms with Gasteiger partial charge in [0.1, 0.15) is 0 Å². The number of rotatable bonds is 6. The topological polar surface area (TPSA) is 58.2 Å². The molecule has 14 heavy (non-hydrogen) atoms. The van der Waals surface area contributed by atoms with E-state index in [9.17, 15) is 9.59 Å². The minimum absolute atomic E-state index is 0. The first-order valence-corrected chi connectivity index (χ1v) is 4.53. The number of carbonyl (C=O) groups is 1. The summed E-state index contributed by atoms with van der Waals surface area (Å²) in [5, 5.41) is 5.53. The second-order valence-electron chi connectivity index (χ2n) is 3.02. The van der Waals surface area contributed by atoms with Gasteiger partial charge in [-0.15, -0.1) is 0 Å². The molecule has 0 aromatic carbocycles. The summed E-state index contributed by atoms with van der Waals surface area (Å²) in [5.74, 6) is -0.163. The van der Waals surface area contributed by atoms with Crippen LogP contribution in [0.5, 0.6) is 0 Å². The van der Waals surface area contributed by atoms with Crippen LogP contribution in [-0.2, 0) is 42.3 Å². The molecular formula is C9H17N2O2Y+2. The second-order valence-corrected chi connectivity index (χ2v) is 3.02. The summed E-state index contributed by atoms with van der Waals surface area (Å²) in [4.78, 5) is 21.4. The Morgan fingerprint density at radius 1 is 1.43 bits per heavy atom. The van der Waals surface area contributed by atoms with Gasteiger partial charge in [0.2, 0.25) is 5.91 Å². The summed E-state index contributed by atoms with van der Waals surface area (Å²) in [7, 11) is 0. The van der Waals surface area contributed by atoms with Crippen molar-refractivity contribution in [3.63, 3.8) is 0 Å². The maximum Gasteiger partial charge on any atom is 3.00 e. The van der Waals surface area contributed by atoms with Gasteiger partial charge in [0, 0.05) is 0 Å². The quantitative estimate of drug-likeness (QED) is 0.670. The standard InChI is InChI=1S/C9H17N2O2.Y/c1-4-5-10-8(3)9(13)11-7(2)6-12;/h7-8,10H,4-5H2,1-3H3,(H,11,13);/q-1;+3.